The van der Waals surface area contributed by atoms with Crippen LogP contribution in [0, 0.1) is 0 Å². The van der Waals surface area contributed by atoms with E-state index in [1.54, 1.807) is 12.1 Å². The van der Waals surface area contributed by atoms with Gasteiger partial charge < -0.3 is 24.4 Å². The molecular formula is C13H20O6. The second-order valence-electron chi connectivity index (χ2n) is 3.24. The van der Waals surface area contributed by atoms with Crippen LogP contribution in [0.15, 0.2) is 30.3 Å². The summed E-state index contributed by atoms with van der Waals surface area (Å²) in [4.78, 5) is 10.6. The molecule has 0 radical (unpaired) electrons. The number of aliphatic hydroxyl groups excluding tert-OH is 2. The number of para-hydroxylation sites is 1. The molecule has 0 atom stereocenters. The van der Waals surface area contributed by atoms with Gasteiger partial charge in [-0.2, -0.15) is 0 Å². The Morgan fingerprint density at radius 1 is 1.11 bits per heavy atom. The molecule has 108 valence electrons. The summed E-state index contributed by atoms with van der Waals surface area (Å²) in [5, 5.41) is 16.2. The molecule has 1 aromatic carbocycles. The molecule has 1 rings (SSSR count). The molecule has 0 amide bonds. The van der Waals surface area contributed by atoms with E-state index in [1.165, 1.54) is 7.11 Å². The summed E-state index contributed by atoms with van der Waals surface area (Å²) < 4.78 is 14.1. The fraction of sp³-hybridized carbons (Fsp3) is 0.462. The zero-order valence-corrected chi connectivity index (χ0v) is 10.9. The van der Waals surface area contributed by atoms with Crippen molar-refractivity contribution in [3.63, 3.8) is 0 Å². The summed E-state index contributed by atoms with van der Waals surface area (Å²) in [6, 6.07) is 9.12. The standard InChI is InChI=1S/C9H10O3.C4H10O3/c1-11-9(10)7-12-8-5-3-2-4-6-8;5-1-3-7-4-2-6/h2-6H,7H2,1H3;5-6H,1-4H2. The predicted octanol–water partition coefficient (Wildman–Crippen LogP) is 0.226. The summed E-state index contributed by atoms with van der Waals surface area (Å²) in [6.45, 7) is 0.654. The third kappa shape index (κ3) is 11.2. The number of rotatable bonds is 7. The van der Waals surface area contributed by atoms with Crippen molar-refractivity contribution < 1.29 is 29.2 Å². The van der Waals surface area contributed by atoms with Gasteiger partial charge in [-0.3, -0.25) is 0 Å². The van der Waals surface area contributed by atoms with Gasteiger partial charge in [0.2, 0.25) is 0 Å². The number of aliphatic hydroxyl groups is 2. The van der Waals surface area contributed by atoms with Crippen molar-refractivity contribution in [2.24, 2.45) is 0 Å². The lowest BCUT2D eigenvalue weighted by Gasteiger charge is -2.02. The Morgan fingerprint density at radius 2 is 1.68 bits per heavy atom. The average Bonchev–Trinajstić information content (AvgIpc) is 2.47. The van der Waals surface area contributed by atoms with Crippen molar-refractivity contribution in [3.8, 4) is 5.75 Å². The van der Waals surface area contributed by atoms with E-state index in [1.807, 2.05) is 18.2 Å². The van der Waals surface area contributed by atoms with Gasteiger partial charge in [0.15, 0.2) is 6.61 Å². The molecule has 6 heteroatoms. The molecule has 0 bridgehead atoms. The van der Waals surface area contributed by atoms with Crippen molar-refractivity contribution in [3.05, 3.63) is 30.3 Å². The van der Waals surface area contributed by atoms with E-state index in [0.29, 0.717) is 19.0 Å². The SMILES string of the molecule is COC(=O)COc1ccccc1.OCCOCCO. The monoisotopic (exact) mass is 272 g/mol. The fourth-order valence-corrected chi connectivity index (χ4v) is 0.949. The van der Waals surface area contributed by atoms with Crippen LogP contribution in [-0.4, -0.2) is 56.3 Å². The van der Waals surface area contributed by atoms with Gasteiger partial charge in [-0.25, -0.2) is 4.79 Å². The predicted molar refractivity (Wildman–Crippen MR) is 68.9 cm³/mol. The Kier molecular flexibility index (Phi) is 11.7. The molecule has 0 saturated carbocycles. The van der Waals surface area contributed by atoms with Crippen molar-refractivity contribution in [2.75, 3.05) is 40.1 Å². The first kappa shape index (κ1) is 17.4. The summed E-state index contributed by atoms with van der Waals surface area (Å²) in [5.41, 5.74) is 0. The number of hydrogen-bond acceptors (Lipinski definition) is 6. The first-order chi connectivity index (χ1) is 9.24. The largest absolute Gasteiger partial charge is 0.482 e. The Bertz CT molecular complexity index is 310. The molecule has 0 spiro atoms. The van der Waals surface area contributed by atoms with E-state index in [2.05, 4.69) is 9.47 Å². The third-order valence-electron chi connectivity index (χ3n) is 1.80. The molecule has 19 heavy (non-hydrogen) atoms. The maximum absolute atomic E-state index is 10.6. The first-order valence-corrected chi connectivity index (χ1v) is 5.78. The molecule has 0 fully saturated rings. The fourth-order valence-electron chi connectivity index (χ4n) is 0.949. The Labute approximate surface area is 112 Å². The van der Waals surface area contributed by atoms with Crippen LogP contribution in [0.3, 0.4) is 0 Å². The summed E-state index contributed by atoms with van der Waals surface area (Å²) in [7, 11) is 1.33. The maximum atomic E-state index is 10.6. The van der Waals surface area contributed by atoms with E-state index in [9.17, 15) is 4.79 Å². The van der Waals surface area contributed by atoms with E-state index >= 15 is 0 Å². The van der Waals surface area contributed by atoms with Gasteiger partial charge in [0.1, 0.15) is 5.75 Å². The number of carbonyl (C=O) groups excluding carboxylic acids is 1. The van der Waals surface area contributed by atoms with E-state index < -0.39 is 0 Å². The Morgan fingerprint density at radius 3 is 2.16 bits per heavy atom. The van der Waals surface area contributed by atoms with Crippen LogP contribution in [0.4, 0.5) is 0 Å². The van der Waals surface area contributed by atoms with Gasteiger partial charge in [-0.1, -0.05) is 18.2 Å². The highest BCUT2D eigenvalue weighted by atomic mass is 16.6. The molecular weight excluding hydrogens is 252 g/mol. The second-order valence-corrected chi connectivity index (χ2v) is 3.24. The van der Waals surface area contributed by atoms with Crippen LogP contribution in [0.5, 0.6) is 5.75 Å². The zero-order valence-electron chi connectivity index (χ0n) is 10.9. The highest BCUT2D eigenvalue weighted by Crippen LogP contribution is 2.07. The zero-order chi connectivity index (χ0) is 14.3. The van der Waals surface area contributed by atoms with Gasteiger partial charge in [0.05, 0.1) is 33.5 Å². The van der Waals surface area contributed by atoms with Crippen molar-refractivity contribution in [1.29, 1.82) is 0 Å². The molecule has 0 aliphatic rings. The van der Waals surface area contributed by atoms with E-state index in [0.717, 1.165) is 0 Å². The normalized spacial score (nSPS) is 9.21. The van der Waals surface area contributed by atoms with Crippen molar-refractivity contribution in [2.45, 2.75) is 0 Å². The smallest absolute Gasteiger partial charge is 0.343 e. The number of ether oxygens (including phenoxy) is 3. The molecule has 0 saturated heterocycles. The number of hydrogen-bond donors (Lipinski definition) is 2. The quantitative estimate of drug-likeness (QED) is 0.546. The van der Waals surface area contributed by atoms with Gasteiger partial charge in [0, 0.05) is 0 Å². The lowest BCUT2D eigenvalue weighted by atomic mass is 10.3. The molecule has 0 aromatic heterocycles. The molecule has 0 heterocycles. The molecule has 1 aromatic rings. The van der Waals surface area contributed by atoms with Crippen LogP contribution in [0.25, 0.3) is 0 Å². The van der Waals surface area contributed by atoms with Crippen LogP contribution in [-0.2, 0) is 14.3 Å². The van der Waals surface area contributed by atoms with Crippen LogP contribution in [0.2, 0.25) is 0 Å². The summed E-state index contributed by atoms with van der Waals surface area (Å²) >= 11 is 0. The maximum Gasteiger partial charge on any atom is 0.343 e. The minimum atomic E-state index is -0.376. The molecule has 0 aliphatic carbocycles. The molecule has 0 unspecified atom stereocenters. The first-order valence-electron chi connectivity index (χ1n) is 5.78. The third-order valence-corrected chi connectivity index (χ3v) is 1.80. The number of benzene rings is 1. The second kappa shape index (κ2) is 12.8. The minimum Gasteiger partial charge on any atom is -0.482 e. The number of methoxy groups -OCH3 is 1. The lowest BCUT2D eigenvalue weighted by molar-refractivity contribution is -0.142. The van der Waals surface area contributed by atoms with Gasteiger partial charge in [0.25, 0.3) is 0 Å². The molecule has 6 nitrogen and oxygen atoms in total. The Balaban J connectivity index is 0.000000399. The molecule has 2 N–H and O–H groups in total. The minimum absolute atomic E-state index is 0.0278. The summed E-state index contributed by atoms with van der Waals surface area (Å²) in [5.74, 6) is 0.293. The highest BCUT2D eigenvalue weighted by molar-refractivity contribution is 5.70. The highest BCUT2D eigenvalue weighted by Gasteiger charge is 1.99. The van der Waals surface area contributed by atoms with Crippen LogP contribution >= 0.6 is 0 Å². The Hall–Kier alpha value is -1.63. The van der Waals surface area contributed by atoms with Gasteiger partial charge in [-0.15, -0.1) is 0 Å². The van der Waals surface area contributed by atoms with Crippen molar-refractivity contribution >= 4 is 5.97 Å². The van der Waals surface area contributed by atoms with E-state index in [4.69, 9.17) is 14.9 Å². The summed E-state index contributed by atoms with van der Waals surface area (Å²) in [6.07, 6.45) is 0. The van der Waals surface area contributed by atoms with Crippen LogP contribution in [0.1, 0.15) is 0 Å². The van der Waals surface area contributed by atoms with Gasteiger partial charge >= 0.3 is 5.97 Å². The topological polar surface area (TPSA) is 85.2 Å². The van der Waals surface area contributed by atoms with Crippen LogP contribution < -0.4 is 4.74 Å². The number of esters is 1. The lowest BCUT2D eigenvalue weighted by Crippen LogP contribution is -2.12. The molecule has 0 aliphatic heterocycles. The van der Waals surface area contributed by atoms with E-state index in [-0.39, 0.29) is 25.8 Å². The van der Waals surface area contributed by atoms with Crippen molar-refractivity contribution in [1.82, 2.24) is 0 Å². The average molecular weight is 272 g/mol. The van der Waals surface area contributed by atoms with Gasteiger partial charge in [-0.05, 0) is 12.1 Å². The number of carbonyl (C=O) groups is 1.